The first-order chi connectivity index (χ1) is 7.70. The lowest BCUT2D eigenvalue weighted by Gasteiger charge is -2.16. The molecule has 0 aliphatic rings. The highest BCUT2D eigenvalue weighted by molar-refractivity contribution is 6.06. The summed E-state index contributed by atoms with van der Waals surface area (Å²) in [6, 6.07) is 9.44. The van der Waals surface area contributed by atoms with Gasteiger partial charge >= 0.3 is 0 Å². The summed E-state index contributed by atoms with van der Waals surface area (Å²) in [5.41, 5.74) is 1.33. The number of anilines is 1. The van der Waals surface area contributed by atoms with Crippen LogP contribution < -0.4 is 4.90 Å². The third-order valence-electron chi connectivity index (χ3n) is 2.43. The van der Waals surface area contributed by atoms with Gasteiger partial charge in [-0.2, -0.15) is 0 Å². The van der Waals surface area contributed by atoms with Crippen molar-refractivity contribution in [2.75, 3.05) is 11.9 Å². The van der Waals surface area contributed by atoms with Crippen molar-refractivity contribution in [1.29, 1.82) is 0 Å². The number of para-hydroxylation sites is 1. The molecule has 82 valence electrons. The molecule has 2 aromatic rings. The van der Waals surface area contributed by atoms with Crippen molar-refractivity contribution in [2.24, 2.45) is 0 Å². The topological polar surface area (TPSA) is 46.3 Å². The van der Waals surface area contributed by atoms with Crippen LogP contribution in [0.3, 0.4) is 0 Å². The fourth-order valence-electron chi connectivity index (χ4n) is 1.45. The maximum Gasteiger partial charge on any atom is 0.263 e. The van der Waals surface area contributed by atoms with E-state index < -0.39 is 0 Å². The third kappa shape index (κ3) is 1.82. The van der Waals surface area contributed by atoms with Crippen LogP contribution in [0.1, 0.15) is 16.1 Å². The monoisotopic (exact) mass is 216 g/mol. The van der Waals surface area contributed by atoms with E-state index in [1.165, 1.54) is 6.20 Å². The van der Waals surface area contributed by atoms with Crippen LogP contribution in [0.2, 0.25) is 0 Å². The lowest BCUT2D eigenvalue weighted by molar-refractivity contribution is 0.0991. The van der Waals surface area contributed by atoms with E-state index >= 15 is 0 Å². The summed E-state index contributed by atoms with van der Waals surface area (Å²) in [5, 5.41) is 3.60. The minimum absolute atomic E-state index is 0.120. The van der Waals surface area contributed by atoms with Gasteiger partial charge in [-0.15, -0.1) is 0 Å². The number of carbonyl (C=O) groups is 1. The zero-order valence-corrected chi connectivity index (χ0v) is 9.18. The summed E-state index contributed by atoms with van der Waals surface area (Å²) in [4.78, 5) is 13.6. The lowest BCUT2D eigenvalue weighted by atomic mass is 10.2. The molecule has 0 saturated carbocycles. The maximum atomic E-state index is 12.1. The Morgan fingerprint density at radius 3 is 2.56 bits per heavy atom. The van der Waals surface area contributed by atoms with Crippen LogP contribution in [-0.4, -0.2) is 18.1 Å². The first-order valence-corrected chi connectivity index (χ1v) is 4.94. The Balaban J connectivity index is 2.27. The van der Waals surface area contributed by atoms with Gasteiger partial charge in [0.1, 0.15) is 11.3 Å². The van der Waals surface area contributed by atoms with Crippen molar-refractivity contribution in [1.82, 2.24) is 5.16 Å². The van der Waals surface area contributed by atoms with Crippen LogP contribution in [-0.2, 0) is 0 Å². The van der Waals surface area contributed by atoms with E-state index in [0.29, 0.717) is 11.3 Å². The van der Waals surface area contributed by atoms with Gasteiger partial charge in [-0.1, -0.05) is 23.4 Å². The Hall–Kier alpha value is -2.10. The van der Waals surface area contributed by atoms with Gasteiger partial charge in [0.15, 0.2) is 0 Å². The molecule has 0 radical (unpaired) electrons. The molecule has 0 fully saturated rings. The molecule has 0 atom stereocenters. The Bertz CT molecular complexity index is 491. The fourth-order valence-corrected chi connectivity index (χ4v) is 1.45. The molecule has 0 unspecified atom stereocenters. The predicted octanol–water partition coefficient (Wildman–Crippen LogP) is 2.26. The van der Waals surface area contributed by atoms with Gasteiger partial charge in [-0.05, 0) is 19.1 Å². The van der Waals surface area contributed by atoms with Gasteiger partial charge < -0.3 is 9.42 Å². The standard InChI is InChI=1S/C12H12N2O2/c1-9-11(8-13-16-9)12(15)14(2)10-6-4-3-5-7-10/h3-8H,1-2H3. The largest absolute Gasteiger partial charge is 0.361 e. The summed E-state index contributed by atoms with van der Waals surface area (Å²) in [5.74, 6) is 0.415. The van der Waals surface area contributed by atoms with Crippen LogP contribution in [0, 0.1) is 6.92 Å². The molecule has 0 bridgehead atoms. The van der Waals surface area contributed by atoms with Gasteiger partial charge in [0, 0.05) is 12.7 Å². The number of hydrogen-bond donors (Lipinski definition) is 0. The molecule has 16 heavy (non-hydrogen) atoms. The second-order valence-corrected chi connectivity index (χ2v) is 3.50. The van der Waals surface area contributed by atoms with Crippen molar-refractivity contribution in [3.63, 3.8) is 0 Å². The average Bonchev–Trinajstić information content (AvgIpc) is 2.75. The van der Waals surface area contributed by atoms with Crippen molar-refractivity contribution in [3.8, 4) is 0 Å². The summed E-state index contributed by atoms with van der Waals surface area (Å²) >= 11 is 0. The molecule has 1 amide bonds. The van der Waals surface area contributed by atoms with Crippen LogP contribution in [0.15, 0.2) is 41.1 Å². The number of aryl methyl sites for hydroxylation is 1. The first-order valence-electron chi connectivity index (χ1n) is 4.94. The molecule has 1 aromatic carbocycles. The van der Waals surface area contributed by atoms with Crippen molar-refractivity contribution in [3.05, 3.63) is 47.9 Å². The number of benzene rings is 1. The summed E-state index contributed by atoms with van der Waals surface area (Å²) in [6.45, 7) is 1.72. The number of carbonyl (C=O) groups excluding carboxylic acids is 1. The van der Waals surface area contributed by atoms with Crippen molar-refractivity contribution >= 4 is 11.6 Å². The molecule has 1 aromatic heterocycles. The van der Waals surface area contributed by atoms with Gasteiger partial charge in [-0.3, -0.25) is 4.79 Å². The van der Waals surface area contributed by atoms with Crippen molar-refractivity contribution in [2.45, 2.75) is 6.92 Å². The normalized spacial score (nSPS) is 10.1. The van der Waals surface area contributed by atoms with Gasteiger partial charge in [-0.25, -0.2) is 0 Å². The van der Waals surface area contributed by atoms with Crippen LogP contribution in [0.4, 0.5) is 5.69 Å². The number of rotatable bonds is 2. The second kappa shape index (κ2) is 4.18. The number of nitrogens with zero attached hydrogens (tertiary/aromatic N) is 2. The quantitative estimate of drug-likeness (QED) is 0.773. The van der Waals surface area contributed by atoms with E-state index in [2.05, 4.69) is 5.16 Å². The average molecular weight is 216 g/mol. The zero-order chi connectivity index (χ0) is 11.5. The highest BCUT2D eigenvalue weighted by Gasteiger charge is 2.17. The molecule has 0 N–H and O–H groups in total. The number of hydrogen-bond acceptors (Lipinski definition) is 3. The molecule has 0 saturated heterocycles. The lowest BCUT2D eigenvalue weighted by Crippen LogP contribution is -2.26. The Labute approximate surface area is 93.5 Å². The molecule has 4 heteroatoms. The molecule has 0 aliphatic carbocycles. The first kappa shape index (κ1) is 10.4. The van der Waals surface area contributed by atoms with Crippen LogP contribution in [0.25, 0.3) is 0 Å². The van der Waals surface area contributed by atoms with E-state index in [9.17, 15) is 4.79 Å². The molecule has 1 heterocycles. The smallest absolute Gasteiger partial charge is 0.263 e. The Morgan fingerprint density at radius 1 is 1.31 bits per heavy atom. The molecule has 0 aliphatic heterocycles. The maximum absolute atomic E-state index is 12.1. The highest BCUT2D eigenvalue weighted by Crippen LogP contribution is 2.16. The van der Waals surface area contributed by atoms with E-state index in [-0.39, 0.29) is 5.91 Å². The number of aromatic nitrogens is 1. The molecular formula is C12H12N2O2. The zero-order valence-electron chi connectivity index (χ0n) is 9.18. The van der Waals surface area contributed by atoms with E-state index in [4.69, 9.17) is 4.52 Å². The highest BCUT2D eigenvalue weighted by atomic mass is 16.5. The minimum atomic E-state index is -0.120. The second-order valence-electron chi connectivity index (χ2n) is 3.50. The minimum Gasteiger partial charge on any atom is -0.361 e. The summed E-state index contributed by atoms with van der Waals surface area (Å²) < 4.78 is 4.87. The van der Waals surface area contributed by atoms with Gasteiger partial charge in [0.2, 0.25) is 0 Å². The van der Waals surface area contributed by atoms with E-state index in [0.717, 1.165) is 5.69 Å². The predicted molar refractivity (Wildman–Crippen MR) is 60.4 cm³/mol. The summed E-state index contributed by atoms with van der Waals surface area (Å²) in [6.07, 6.45) is 1.44. The van der Waals surface area contributed by atoms with E-state index in [1.54, 1.807) is 18.9 Å². The molecule has 4 nitrogen and oxygen atoms in total. The SMILES string of the molecule is Cc1oncc1C(=O)N(C)c1ccccc1. The fraction of sp³-hybridized carbons (Fsp3) is 0.167. The van der Waals surface area contributed by atoms with Crippen molar-refractivity contribution < 1.29 is 9.32 Å². The number of amides is 1. The van der Waals surface area contributed by atoms with Crippen LogP contribution >= 0.6 is 0 Å². The third-order valence-corrected chi connectivity index (χ3v) is 2.43. The van der Waals surface area contributed by atoms with E-state index in [1.807, 2.05) is 30.3 Å². The Kier molecular flexibility index (Phi) is 2.72. The van der Waals surface area contributed by atoms with Gasteiger partial charge in [0.25, 0.3) is 5.91 Å². The van der Waals surface area contributed by atoms with Gasteiger partial charge in [0.05, 0.1) is 6.20 Å². The molecule has 0 spiro atoms. The van der Waals surface area contributed by atoms with Crippen LogP contribution in [0.5, 0.6) is 0 Å². The summed E-state index contributed by atoms with van der Waals surface area (Å²) in [7, 11) is 1.73. The molecule has 2 rings (SSSR count). The molecular weight excluding hydrogens is 204 g/mol. The Morgan fingerprint density at radius 2 is 2.00 bits per heavy atom.